The fraction of sp³-hybridized carbons (Fsp3) is 0.351. The number of rotatable bonds is 13. The van der Waals surface area contributed by atoms with Crippen molar-refractivity contribution in [3.8, 4) is 56.8 Å². The summed E-state index contributed by atoms with van der Waals surface area (Å²) in [7, 11) is 9.04. The highest BCUT2D eigenvalue weighted by Gasteiger charge is 2.20. The van der Waals surface area contributed by atoms with Gasteiger partial charge >= 0.3 is 0 Å². The number of hydrogen-bond donors (Lipinski definition) is 0. The largest absolute Gasteiger partial charge is 0.497 e. The minimum atomic E-state index is 0.249. The minimum absolute atomic E-state index is 0.249. The lowest BCUT2D eigenvalue weighted by atomic mass is 9.88. The SMILES string of the molecule is COc1ccc(OC)c(-c2cccc(-c3cc(OC)ccc3OC)c2OCCCOc2ccc(CC(C)(C)C)cc2)c1.CP. The Labute approximate surface area is 265 Å². The Kier molecular flexibility index (Phi) is 13.2. The molecule has 44 heavy (non-hydrogen) atoms. The van der Waals surface area contributed by atoms with Crippen LogP contribution in [0.1, 0.15) is 32.8 Å². The van der Waals surface area contributed by atoms with Crippen LogP contribution in [0, 0.1) is 5.41 Å². The van der Waals surface area contributed by atoms with Gasteiger partial charge in [0.25, 0.3) is 0 Å². The molecule has 0 radical (unpaired) electrons. The molecule has 4 aromatic rings. The molecule has 0 aromatic heterocycles. The molecule has 0 spiro atoms. The van der Waals surface area contributed by atoms with Crippen LogP contribution in [0.15, 0.2) is 78.9 Å². The van der Waals surface area contributed by atoms with Gasteiger partial charge < -0.3 is 28.4 Å². The lowest BCUT2D eigenvalue weighted by Gasteiger charge is -2.20. The summed E-state index contributed by atoms with van der Waals surface area (Å²) in [6.07, 6.45) is 1.72. The summed E-state index contributed by atoms with van der Waals surface area (Å²) in [5, 5.41) is 0. The van der Waals surface area contributed by atoms with E-state index in [0.29, 0.717) is 36.9 Å². The average molecular weight is 619 g/mol. The fourth-order valence-electron chi connectivity index (χ4n) is 4.90. The zero-order valence-corrected chi connectivity index (χ0v) is 28.5. The molecule has 0 N–H and O–H groups in total. The third-order valence-corrected chi connectivity index (χ3v) is 6.87. The Morgan fingerprint density at radius 2 is 1.02 bits per heavy atom. The van der Waals surface area contributed by atoms with Gasteiger partial charge in [-0.15, -0.1) is 9.24 Å². The van der Waals surface area contributed by atoms with Gasteiger partial charge in [0.2, 0.25) is 0 Å². The summed E-state index contributed by atoms with van der Waals surface area (Å²) < 4.78 is 35.1. The van der Waals surface area contributed by atoms with Crippen molar-refractivity contribution in [1.82, 2.24) is 0 Å². The van der Waals surface area contributed by atoms with Crippen LogP contribution in [0.5, 0.6) is 34.5 Å². The summed E-state index contributed by atoms with van der Waals surface area (Å²) in [4.78, 5) is 0. The smallest absolute Gasteiger partial charge is 0.135 e. The van der Waals surface area contributed by atoms with Crippen molar-refractivity contribution in [2.75, 3.05) is 48.3 Å². The molecule has 4 aromatic carbocycles. The molecule has 6 nitrogen and oxygen atoms in total. The normalized spacial score (nSPS) is 10.8. The zero-order valence-electron chi connectivity index (χ0n) is 27.4. The predicted octanol–water partition coefficient (Wildman–Crippen LogP) is 8.98. The maximum absolute atomic E-state index is 6.56. The number of benzene rings is 4. The quantitative estimate of drug-likeness (QED) is 0.110. The Morgan fingerprint density at radius 1 is 0.545 bits per heavy atom. The molecule has 0 fully saturated rings. The van der Waals surface area contributed by atoms with E-state index in [2.05, 4.69) is 42.1 Å². The molecule has 0 aliphatic rings. The fourth-order valence-corrected chi connectivity index (χ4v) is 4.90. The van der Waals surface area contributed by atoms with Crippen molar-refractivity contribution < 1.29 is 28.4 Å². The molecule has 0 saturated carbocycles. The van der Waals surface area contributed by atoms with Crippen molar-refractivity contribution in [1.29, 1.82) is 0 Å². The van der Waals surface area contributed by atoms with E-state index in [-0.39, 0.29) is 5.41 Å². The topological polar surface area (TPSA) is 55.4 Å². The lowest BCUT2D eigenvalue weighted by molar-refractivity contribution is 0.248. The van der Waals surface area contributed by atoms with Gasteiger partial charge in [-0.3, -0.25) is 0 Å². The third kappa shape index (κ3) is 9.30. The Balaban J connectivity index is 0.00000259. The highest BCUT2D eigenvalue weighted by atomic mass is 31.0. The van der Waals surface area contributed by atoms with E-state index in [0.717, 1.165) is 45.9 Å². The average Bonchev–Trinajstić information content (AvgIpc) is 3.05. The molecule has 0 aliphatic carbocycles. The van der Waals surface area contributed by atoms with Crippen LogP contribution in [-0.2, 0) is 6.42 Å². The zero-order chi connectivity index (χ0) is 32.1. The molecule has 0 bridgehead atoms. The van der Waals surface area contributed by atoms with Crippen molar-refractivity contribution in [3.63, 3.8) is 0 Å². The van der Waals surface area contributed by atoms with Gasteiger partial charge in [-0.1, -0.05) is 57.8 Å². The number of ether oxygens (including phenoxy) is 6. The van der Waals surface area contributed by atoms with Crippen LogP contribution in [0.4, 0.5) is 0 Å². The van der Waals surface area contributed by atoms with E-state index in [4.69, 9.17) is 28.4 Å². The molecular formula is C37H47O6P. The van der Waals surface area contributed by atoms with E-state index >= 15 is 0 Å². The summed E-state index contributed by atoms with van der Waals surface area (Å²) in [6.45, 7) is 9.63. The van der Waals surface area contributed by atoms with Gasteiger partial charge in [0.1, 0.15) is 34.5 Å². The van der Waals surface area contributed by atoms with Crippen LogP contribution in [0.3, 0.4) is 0 Å². The van der Waals surface area contributed by atoms with Crippen LogP contribution >= 0.6 is 9.24 Å². The maximum atomic E-state index is 6.56. The predicted molar refractivity (Wildman–Crippen MR) is 184 cm³/mol. The third-order valence-electron chi connectivity index (χ3n) is 6.87. The second kappa shape index (κ2) is 16.8. The lowest BCUT2D eigenvalue weighted by Crippen LogP contribution is -2.09. The van der Waals surface area contributed by atoms with Crippen molar-refractivity contribution >= 4 is 9.24 Å². The number of hydrogen-bond acceptors (Lipinski definition) is 6. The van der Waals surface area contributed by atoms with Gasteiger partial charge in [-0.25, -0.2) is 0 Å². The van der Waals surface area contributed by atoms with Gasteiger partial charge in [-0.05, 0) is 65.9 Å². The Morgan fingerprint density at radius 3 is 1.48 bits per heavy atom. The van der Waals surface area contributed by atoms with Crippen molar-refractivity contribution in [2.45, 2.75) is 33.6 Å². The Bertz CT molecular complexity index is 1390. The van der Waals surface area contributed by atoms with Crippen molar-refractivity contribution in [2.24, 2.45) is 5.41 Å². The maximum Gasteiger partial charge on any atom is 0.135 e. The van der Waals surface area contributed by atoms with E-state index < -0.39 is 0 Å². The molecule has 236 valence electrons. The minimum Gasteiger partial charge on any atom is -0.497 e. The van der Waals surface area contributed by atoms with Gasteiger partial charge in [-0.2, -0.15) is 0 Å². The summed E-state index contributed by atoms with van der Waals surface area (Å²) in [5.41, 5.74) is 5.04. The second-order valence-electron chi connectivity index (χ2n) is 11.2. The van der Waals surface area contributed by atoms with Gasteiger partial charge in [0.15, 0.2) is 0 Å². The first kappa shape index (κ1) is 34.6. The standard InChI is InChI=1S/C36H42O6.CH5P/c1-36(2,3)24-25-12-14-26(15-13-25)41-20-9-21-42-35-29(31-22-27(37-4)16-18-33(31)39-6)10-8-11-30(35)32-23-28(38-5)17-19-34(32)40-7;1-2/h8,10-19,22-23H,9,20-21,24H2,1-7H3;2H2,1H3. The molecule has 0 heterocycles. The van der Waals surface area contributed by atoms with E-state index in [1.54, 1.807) is 28.4 Å². The van der Waals surface area contributed by atoms with Crippen LogP contribution in [0.2, 0.25) is 0 Å². The summed E-state index contributed by atoms with van der Waals surface area (Å²) in [5.74, 6) is 4.45. The van der Waals surface area contributed by atoms with Gasteiger partial charge in [0, 0.05) is 28.7 Å². The highest BCUT2D eigenvalue weighted by Crippen LogP contribution is 2.46. The molecule has 0 amide bonds. The summed E-state index contributed by atoms with van der Waals surface area (Å²) >= 11 is 0. The van der Waals surface area contributed by atoms with E-state index in [1.807, 2.05) is 73.4 Å². The van der Waals surface area contributed by atoms with E-state index in [9.17, 15) is 0 Å². The first-order valence-electron chi connectivity index (χ1n) is 14.8. The molecule has 7 heteroatoms. The second-order valence-corrected chi connectivity index (χ2v) is 11.2. The van der Waals surface area contributed by atoms with Crippen LogP contribution in [0.25, 0.3) is 22.3 Å². The highest BCUT2D eigenvalue weighted by molar-refractivity contribution is 7.15. The molecular weight excluding hydrogens is 571 g/mol. The summed E-state index contributed by atoms with van der Waals surface area (Å²) in [6, 6.07) is 25.9. The molecule has 1 atom stereocenters. The number of methoxy groups -OCH3 is 4. The van der Waals surface area contributed by atoms with Crippen LogP contribution < -0.4 is 28.4 Å². The monoisotopic (exact) mass is 618 g/mol. The Hall–Kier alpha value is -3.89. The van der Waals surface area contributed by atoms with E-state index in [1.165, 1.54) is 5.56 Å². The molecule has 1 unspecified atom stereocenters. The van der Waals surface area contributed by atoms with Crippen molar-refractivity contribution in [3.05, 3.63) is 84.4 Å². The molecule has 0 aliphatic heterocycles. The number of para-hydroxylation sites is 1. The van der Waals surface area contributed by atoms with Crippen LogP contribution in [-0.4, -0.2) is 48.3 Å². The first-order chi connectivity index (χ1) is 21.3. The first-order valence-corrected chi connectivity index (χ1v) is 15.9. The molecule has 0 saturated heterocycles. The molecule has 4 rings (SSSR count). The van der Waals surface area contributed by atoms with Gasteiger partial charge in [0.05, 0.1) is 41.7 Å².